The van der Waals surface area contributed by atoms with Crippen molar-refractivity contribution >= 4 is 80.5 Å². The first kappa shape index (κ1) is 50.0. The van der Waals surface area contributed by atoms with Crippen molar-refractivity contribution in [1.29, 1.82) is 0 Å². The highest BCUT2D eigenvalue weighted by molar-refractivity contribution is 5.91. The maximum absolute atomic E-state index is 5.14. The Morgan fingerprint density at radius 3 is 0.928 bits per heavy atom. The van der Waals surface area contributed by atoms with Gasteiger partial charge in [-0.2, -0.15) is 0 Å². The van der Waals surface area contributed by atoms with Crippen LogP contribution in [0.4, 0.5) is 34.4 Å². The van der Waals surface area contributed by atoms with Crippen molar-refractivity contribution in [3.63, 3.8) is 0 Å². The molecule has 0 N–H and O–H groups in total. The van der Waals surface area contributed by atoms with E-state index in [0.29, 0.717) is 0 Å². The summed E-state index contributed by atoms with van der Waals surface area (Å²) in [6.45, 7) is 14.2. The lowest BCUT2D eigenvalue weighted by atomic mass is 9.81. The number of anilines is 6. The molecule has 398 valence electrons. The zero-order valence-corrected chi connectivity index (χ0v) is 47.4. The summed E-state index contributed by atoms with van der Waals surface area (Å²) in [5.41, 5.74) is 26.0. The number of rotatable bonds is 10. The second-order valence-electron chi connectivity index (χ2n) is 24.0. The van der Waals surface area contributed by atoms with E-state index in [9.17, 15) is 0 Å². The van der Waals surface area contributed by atoms with Gasteiger partial charge in [-0.3, -0.25) is 19.8 Å². The van der Waals surface area contributed by atoms with Gasteiger partial charge < -0.3 is 0 Å². The fourth-order valence-corrected chi connectivity index (χ4v) is 13.5. The molecule has 0 fully saturated rings. The summed E-state index contributed by atoms with van der Waals surface area (Å²) >= 11 is 0. The smallest absolute Gasteiger partial charge is 0.138 e. The Bertz CT molecular complexity index is 4370. The number of para-hydroxylation sites is 2. The predicted molar refractivity (Wildman–Crippen MR) is 345 cm³/mol. The Hall–Kier alpha value is -10.0. The molecule has 6 nitrogen and oxygen atoms in total. The molecule has 0 atom stereocenters. The van der Waals surface area contributed by atoms with E-state index in [2.05, 4.69) is 255 Å². The van der Waals surface area contributed by atoms with E-state index in [1.54, 1.807) is 0 Å². The van der Waals surface area contributed by atoms with E-state index in [4.69, 9.17) is 9.97 Å². The number of benzene rings is 8. The lowest BCUT2D eigenvalue weighted by molar-refractivity contribution is 0.660. The van der Waals surface area contributed by atoms with Gasteiger partial charge in [-0.05, 0) is 174 Å². The zero-order chi connectivity index (χ0) is 56.2. The zero-order valence-electron chi connectivity index (χ0n) is 47.4. The van der Waals surface area contributed by atoms with Crippen LogP contribution in [0.15, 0.2) is 231 Å². The molecule has 0 amide bonds. The molecule has 83 heavy (non-hydrogen) atoms. The van der Waals surface area contributed by atoms with Gasteiger partial charge in [-0.15, -0.1) is 0 Å². The number of aromatic nitrogens is 4. The summed E-state index contributed by atoms with van der Waals surface area (Å²) < 4.78 is 0. The van der Waals surface area contributed by atoms with Gasteiger partial charge in [0.2, 0.25) is 0 Å². The third-order valence-corrected chi connectivity index (χ3v) is 18.0. The van der Waals surface area contributed by atoms with Crippen LogP contribution in [0.25, 0.3) is 79.5 Å². The summed E-state index contributed by atoms with van der Waals surface area (Å²) in [6.07, 6.45) is 16.5. The Kier molecular flexibility index (Phi) is 11.5. The van der Waals surface area contributed by atoms with E-state index in [1.165, 1.54) is 89.0 Å². The van der Waals surface area contributed by atoms with Crippen molar-refractivity contribution in [3.8, 4) is 33.4 Å². The average molecular weight is 1070 g/mol. The third-order valence-electron chi connectivity index (χ3n) is 18.0. The SMILES string of the molecule is CC1(C)c2cc(/C=C/c3ccc4c(c3)C(C)(C)c3cc(N(c5ccncc5)c5ccc6ccccc6n5)ccc3-4)ccc2-c2ccc(/C=C/c3ccc4c(c3)C(C)(C)c3cc(N(c5ccncc5)c5ccc6ccccc6n5)ccc3-4)cc21. The monoisotopic (exact) mass is 1070 g/mol. The minimum absolute atomic E-state index is 0.169. The van der Waals surface area contributed by atoms with Gasteiger partial charge >= 0.3 is 0 Å². The molecule has 8 aromatic carbocycles. The number of nitrogens with zero attached hydrogens (tertiary/aromatic N) is 6. The molecule has 4 aromatic heterocycles. The minimum Gasteiger partial charge on any atom is -0.295 e. The number of pyridine rings is 4. The van der Waals surface area contributed by atoms with Gasteiger partial charge in [0, 0.05) is 63.2 Å². The highest BCUT2D eigenvalue weighted by atomic mass is 15.2. The molecular weight excluding hydrogens is 1010 g/mol. The first-order valence-corrected chi connectivity index (χ1v) is 28.7. The summed E-state index contributed by atoms with van der Waals surface area (Å²) in [5, 5.41) is 2.24. The lowest BCUT2D eigenvalue weighted by Gasteiger charge is -2.27. The molecular formula is C77H60N6. The lowest BCUT2D eigenvalue weighted by Crippen LogP contribution is -2.17. The second kappa shape index (κ2) is 19.0. The Labute approximate surface area is 485 Å². The highest BCUT2D eigenvalue weighted by Gasteiger charge is 2.39. The number of fused-ring (bicyclic) bond motifs is 11. The van der Waals surface area contributed by atoms with E-state index in [-0.39, 0.29) is 16.2 Å². The highest BCUT2D eigenvalue weighted by Crippen LogP contribution is 2.54. The maximum atomic E-state index is 5.14. The van der Waals surface area contributed by atoms with Crippen LogP contribution >= 0.6 is 0 Å². The quantitative estimate of drug-likeness (QED) is 0.127. The summed E-state index contributed by atoms with van der Waals surface area (Å²) in [6, 6.07) is 75.0. The summed E-state index contributed by atoms with van der Waals surface area (Å²) in [4.78, 5) is 23.4. The molecule has 15 rings (SSSR count). The molecule has 0 unspecified atom stereocenters. The number of hydrogen-bond acceptors (Lipinski definition) is 6. The summed E-state index contributed by atoms with van der Waals surface area (Å²) in [5.74, 6) is 1.74. The molecule has 0 saturated heterocycles. The molecule has 3 aliphatic rings. The van der Waals surface area contributed by atoms with Crippen molar-refractivity contribution in [1.82, 2.24) is 19.9 Å². The van der Waals surface area contributed by atoms with Crippen molar-refractivity contribution in [2.24, 2.45) is 0 Å². The normalized spacial score (nSPS) is 14.6. The van der Waals surface area contributed by atoms with Gasteiger partial charge in [-0.25, -0.2) is 9.97 Å². The Balaban J connectivity index is 0.665. The first-order chi connectivity index (χ1) is 40.4. The van der Waals surface area contributed by atoms with Crippen LogP contribution in [-0.4, -0.2) is 19.9 Å². The van der Waals surface area contributed by atoms with E-state index < -0.39 is 0 Å². The summed E-state index contributed by atoms with van der Waals surface area (Å²) in [7, 11) is 0. The first-order valence-electron chi connectivity index (χ1n) is 28.7. The Morgan fingerprint density at radius 2 is 0.590 bits per heavy atom. The minimum atomic E-state index is -0.220. The number of hydrogen-bond donors (Lipinski definition) is 0. The van der Waals surface area contributed by atoms with Crippen LogP contribution in [0.5, 0.6) is 0 Å². The third kappa shape index (κ3) is 8.30. The van der Waals surface area contributed by atoms with E-state index in [0.717, 1.165) is 56.2 Å². The predicted octanol–water partition coefficient (Wildman–Crippen LogP) is 19.8. The topological polar surface area (TPSA) is 58.0 Å². The van der Waals surface area contributed by atoms with Gasteiger partial charge in [0.05, 0.1) is 22.4 Å². The maximum Gasteiger partial charge on any atom is 0.138 e. The molecule has 4 heterocycles. The van der Waals surface area contributed by atoms with E-state index in [1.807, 2.05) is 61.2 Å². The molecule has 12 aromatic rings. The molecule has 3 aliphatic carbocycles. The van der Waals surface area contributed by atoms with Gasteiger partial charge in [-0.1, -0.05) is 187 Å². The molecule has 0 spiro atoms. The Morgan fingerprint density at radius 1 is 0.289 bits per heavy atom. The van der Waals surface area contributed by atoms with E-state index >= 15 is 0 Å². The van der Waals surface area contributed by atoms with Crippen LogP contribution < -0.4 is 9.80 Å². The van der Waals surface area contributed by atoms with Crippen molar-refractivity contribution in [2.45, 2.75) is 57.8 Å². The van der Waals surface area contributed by atoms with Crippen molar-refractivity contribution in [2.75, 3.05) is 9.80 Å². The molecule has 0 radical (unpaired) electrons. The fourth-order valence-electron chi connectivity index (χ4n) is 13.5. The standard InChI is InChI=1S/C77H60N6/c1-75(2)65-43-49(15-17-51-21-29-61-63-31-25-57(47-69(63)76(3,4)67(61)45-51)82(55-35-39-78-40-36-55)73-33-23-53-11-7-9-13-71(53)80-73)19-27-59(65)60-28-20-50(44-66(60)75)16-18-52-22-30-62-64-32-26-58(48-70(64)77(5,6)68(62)46-52)83(56-37-41-79-42-38-56)74-34-24-54-12-8-10-14-72(54)81-74/h7-48H,1-6H3/b17-15+,18-16+. The van der Waals surface area contributed by atoms with Crippen LogP contribution in [0, 0.1) is 0 Å². The van der Waals surface area contributed by atoms with Crippen LogP contribution in [-0.2, 0) is 16.2 Å². The van der Waals surface area contributed by atoms with Gasteiger partial charge in [0.25, 0.3) is 0 Å². The van der Waals surface area contributed by atoms with Crippen LogP contribution in [0.2, 0.25) is 0 Å². The van der Waals surface area contributed by atoms with Crippen molar-refractivity contribution < 1.29 is 0 Å². The van der Waals surface area contributed by atoms with Gasteiger partial charge in [0.1, 0.15) is 11.6 Å². The average Bonchev–Trinajstić information content (AvgIpc) is 4.02. The van der Waals surface area contributed by atoms with Gasteiger partial charge in [0.15, 0.2) is 0 Å². The molecule has 0 saturated carbocycles. The van der Waals surface area contributed by atoms with Crippen molar-refractivity contribution in [3.05, 3.63) is 287 Å². The fraction of sp³-hybridized carbons (Fsp3) is 0.117. The molecule has 0 aliphatic heterocycles. The van der Waals surface area contributed by atoms with Crippen LogP contribution in [0.1, 0.15) is 97.2 Å². The largest absolute Gasteiger partial charge is 0.295 e. The van der Waals surface area contributed by atoms with Crippen LogP contribution in [0.3, 0.4) is 0 Å². The molecule has 0 bridgehead atoms. The second-order valence-corrected chi connectivity index (χ2v) is 24.0. The molecule has 6 heteroatoms.